The van der Waals surface area contributed by atoms with Crippen LogP contribution in [0.15, 0.2) is 53.0 Å². The number of non-ortho nitro benzene ring substituents is 1. The molecular formula is C16H12BrNO4. The van der Waals surface area contributed by atoms with Crippen LogP contribution in [0.3, 0.4) is 0 Å². The van der Waals surface area contributed by atoms with Crippen molar-refractivity contribution < 1.29 is 14.5 Å². The quantitative estimate of drug-likeness (QED) is 0.345. The van der Waals surface area contributed by atoms with E-state index in [1.54, 1.807) is 43.5 Å². The van der Waals surface area contributed by atoms with Crippen LogP contribution in [0, 0.1) is 10.1 Å². The van der Waals surface area contributed by atoms with Gasteiger partial charge in [0.25, 0.3) is 5.69 Å². The van der Waals surface area contributed by atoms with Crippen LogP contribution >= 0.6 is 15.9 Å². The minimum Gasteiger partial charge on any atom is -0.497 e. The number of benzene rings is 2. The number of halogens is 1. The number of carbonyl (C=O) groups is 1. The van der Waals surface area contributed by atoms with E-state index in [9.17, 15) is 14.9 Å². The van der Waals surface area contributed by atoms with Crippen LogP contribution in [0.5, 0.6) is 5.75 Å². The molecule has 0 aromatic heterocycles. The van der Waals surface area contributed by atoms with Crippen LogP contribution in [0.2, 0.25) is 0 Å². The molecular weight excluding hydrogens is 350 g/mol. The number of hydrogen-bond donors (Lipinski definition) is 0. The molecule has 5 nitrogen and oxygen atoms in total. The monoisotopic (exact) mass is 361 g/mol. The molecule has 0 saturated heterocycles. The van der Waals surface area contributed by atoms with Crippen molar-refractivity contribution in [3.05, 3.63) is 74.3 Å². The number of ketones is 1. The number of carbonyl (C=O) groups excluding carboxylic acids is 1. The first-order valence-electron chi connectivity index (χ1n) is 6.31. The predicted molar refractivity (Wildman–Crippen MR) is 87.2 cm³/mol. The first-order chi connectivity index (χ1) is 10.5. The average Bonchev–Trinajstić information content (AvgIpc) is 2.53. The standard InChI is InChI=1S/C16H12BrNO4/c1-22-14-7-3-12(4-8-14)16(19)9-5-11-2-6-13(18(20)21)10-15(11)17/h2-10H,1H3/b9-5+. The SMILES string of the molecule is COc1ccc(C(=O)/C=C/c2ccc([N+](=O)[O-])cc2Br)cc1. The van der Waals surface area contributed by atoms with Crippen LogP contribution < -0.4 is 4.74 Å². The summed E-state index contributed by atoms with van der Waals surface area (Å²) in [6.45, 7) is 0. The summed E-state index contributed by atoms with van der Waals surface area (Å²) in [6.07, 6.45) is 3.04. The lowest BCUT2D eigenvalue weighted by Crippen LogP contribution is -1.94. The Kier molecular flexibility index (Phi) is 5.06. The van der Waals surface area contributed by atoms with Crippen LogP contribution in [0.1, 0.15) is 15.9 Å². The normalized spacial score (nSPS) is 10.6. The maximum absolute atomic E-state index is 12.1. The van der Waals surface area contributed by atoms with Gasteiger partial charge >= 0.3 is 0 Å². The first-order valence-corrected chi connectivity index (χ1v) is 7.11. The highest BCUT2D eigenvalue weighted by molar-refractivity contribution is 9.10. The molecule has 0 heterocycles. The van der Waals surface area contributed by atoms with Crippen molar-refractivity contribution in [3.63, 3.8) is 0 Å². The Balaban J connectivity index is 2.16. The lowest BCUT2D eigenvalue weighted by atomic mass is 10.1. The fourth-order valence-corrected chi connectivity index (χ4v) is 2.28. The van der Waals surface area contributed by atoms with E-state index >= 15 is 0 Å². The van der Waals surface area contributed by atoms with E-state index in [1.807, 2.05) is 0 Å². The van der Waals surface area contributed by atoms with Crippen molar-refractivity contribution in [3.8, 4) is 5.75 Å². The zero-order valence-electron chi connectivity index (χ0n) is 11.7. The molecule has 0 aliphatic carbocycles. The molecule has 112 valence electrons. The summed E-state index contributed by atoms with van der Waals surface area (Å²) in [5, 5.41) is 10.7. The molecule has 0 atom stereocenters. The van der Waals surface area contributed by atoms with E-state index in [0.29, 0.717) is 21.3 Å². The zero-order chi connectivity index (χ0) is 16.1. The molecule has 6 heteroatoms. The molecule has 0 amide bonds. The lowest BCUT2D eigenvalue weighted by Gasteiger charge is -2.01. The van der Waals surface area contributed by atoms with E-state index in [0.717, 1.165) is 0 Å². The van der Waals surface area contributed by atoms with Gasteiger partial charge in [-0.2, -0.15) is 0 Å². The highest BCUT2D eigenvalue weighted by Crippen LogP contribution is 2.24. The number of ether oxygens (including phenoxy) is 1. The summed E-state index contributed by atoms with van der Waals surface area (Å²) in [5.41, 5.74) is 1.22. The summed E-state index contributed by atoms with van der Waals surface area (Å²) in [5.74, 6) is 0.520. The van der Waals surface area contributed by atoms with Gasteiger partial charge in [-0.05, 0) is 64.0 Å². The van der Waals surface area contributed by atoms with Crippen LogP contribution in [0.4, 0.5) is 5.69 Å². The Morgan fingerprint density at radius 3 is 2.45 bits per heavy atom. The summed E-state index contributed by atoms with van der Waals surface area (Å²) in [7, 11) is 1.56. The molecule has 0 fully saturated rings. The maximum atomic E-state index is 12.1. The van der Waals surface area contributed by atoms with E-state index in [2.05, 4.69) is 15.9 Å². The van der Waals surface area contributed by atoms with Gasteiger partial charge in [0.05, 0.1) is 12.0 Å². The molecule has 22 heavy (non-hydrogen) atoms. The minimum absolute atomic E-state index is 0.00879. The van der Waals surface area contributed by atoms with Crippen molar-refractivity contribution in [2.24, 2.45) is 0 Å². The second-order valence-corrected chi connectivity index (χ2v) is 5.24. The number of nitro groups is 1. The van der Waals surface area contributed by atoms with Crippen LogP contribution in [0.25, 0.3) is 6.08 Å². The molecule has 0 N–H and O–H groups in total. The van der Waals surface area contributed by atoms with E-state index < -0.39 is 4.92 Å². The average molecular weight is 362 g/mol. The van der Waals surface area contributed by atoms with E-state index in [1.165, 1.54) is 18.2 Å². The molecule has 0 aliphatic heterocycles. The largest absolute Gasteiger partial charge is 0.497 e. The molecule has 0 bridgehead atoms. The Morgan fingerprint density at radius 1 is 1.23 bits per heavy atom. The molecule has 0 unspecified atom stereocenters. The van der Waals surface area contributed by atoms with Gasteiger partial charge in [0.15, 0.2) is 5.78 Å². The summed E-state index contributed by atoms with van der Waals surface area (Å²) >= 11 is 3.26. The van der Waals surface area contributed by atoms with Gasteiger partial charge in [-0.1, -0.05) is 0 Å². The molecule has 2 rings (SSSR count). The van der Waals surface area contributed by atoms with Crippen molar-refractivity contribution in [1.29, 1.82) is 0 Å². The minimum atomic E-state index is -0.471. The van der Waals surface area contributed by atoms with Gasteiger partial charge in [-0.3, -0.25) is 14.9 Å². The van der Waals surface area contributed by atoms with Gasteiger partial charge < -0.3 is 4.74 Å². The fourth-order valence-electron chi connectivity index (χ4n) is 1.78. The van der Waals surface area contributed by atoms with Gasteiger partial charge in [0.2, 0.25) is 0 Å². The first kappa shape index (κ1) is 15.9. The molecule has 2 aromatic carbocycles. The van der Waals surface area contributed by atoms with Crippen molar-refractivity contribution in [2.75, 3.05) is 7.11 Å². The Labute approximate surface area is 135 Å². The molecule has 0 radical (unpaired) electrons. The Bertz CT molecular complexity index is 738. The Hall–Kier alpha value is -2.47. The maximum Gasteiger partial charge on any atom is 0.270 e. The molecule has 2 aromatic rings. The third kappa shape index (κ3) is 3.79. The summed E-state index contributed by atoms with van der Waals surface area (Å²) in [6, 6.07) is 11.2. The second-order valence-electron chi connectivity index (χ2n) is 4.39. The molecule has 0 saturated carbocycles. The number of nitrogens with zero attached hydrogens (tertiary/aromatic N) is 1. The van der Waals surface area contributed by atoms with Crippen molar-refractivity contribution in [1.82, 2.24) is 0 Å². The molecule has 0 aliphatic rings. The van der Waals surface area contributed by atoms with Gasteiger partial charge in [-0.25, -0.2) is 0 Å². The number of nitro benzene ring substituents is 1. The van der Waals surface area contributed by atoms with Crippen LogP contribution in [-0.2, 0) is 0 Å². The van der Waals surface area contributed by atoms with Gasteiger partial charge in [0.1, 0.15) is 5.75 Å². The fraction of sp³-hybridized carbons (Fsp3) is 0.0625. The summed E-state index contributed by atoms with van der Waals surface area (Å²) < 4.78 is 5.59. The number of methoxy groups -OCH3 is 1. The number of hydrogen-bond acceptors (Lipinski definition) is 4. The number of allylic oxidation sites excluding steroid dienone is 1. The van der Waals surface area contributed by atoms with Gasteiger partial charge in [-0.15, -0.1) is 0 Å². The second kappa shape index (κ2) is 7.00. The van der Waals surface area contributed by atoms with E-state index in [4.69, 9.17) is 4.74 Å². The molecule has 0 spiro atoms. The van der Waals surface area contributed by atoms with Gasteiger partial charge in [0, 0.05) is 22.2 Å². The lowest BCUT2D eigenvalue weighted by molar-refractivity contribution is -0.384. The van der Waals surface area contributed by atoms with Crippen molar-refractivity contribution in [2.45, 2.75) is 0 Å². The number of rotatable bonds is 5. The highest BCUT2D eigenvalue weighted by Gasteiger charge is 2.08. The smallest absolute Gasteiger partial charge is 0.270 e. The Morgan fingerprint density at radius 2 is 1.91 bits per heavy atom. The third-order valence-electron chi connectivity index (χ3n) is 2.98. The third-order valence-corrected chi connectivity index (χ3v) is 3.67. The van der Waals surface area contributed by atoms with E-state index in [-0.39, 0.29) is 11.5 Å². The zero-order valence-corrected chi connectivity index (χ0v) is 13.2. The summed E-state index contributed by atoms with van der Waals surface area (Å²) in [4.78, 5) is 22.3. The van der Waals surface area contributed by atoms with Crippen molar-refractivity contribution >= 4 is 33.5 Å². The highest BCUT2D eigenvalue weighted by atomic mass is 79.9. The van der Waals surface area contributed by atoms with Crippen LogP contribution in [-0.4, -0.2) is 17.8 Å². The predicted octanol–water partition coefficient (Wildman–Crippen LogP) is 4.26. The topological polar surface area (TPSA) is 69.4 Å².